The van der Waals surface area contributed by atoms with Gasteiger partial charge in [-0.2, -0.15) is 0 Å². The maximum absolute atomic E-state index is 12.2. The van der Waals surface area contributed by atoms with Crippen molar-refractivity contribution in [1.29, 1.82) is 0 Å². The number of amides is 2. The van der Waals surface area contributed by atoms with Crippen LogP contribution in [0.5, 0.6) is 0 Å². The molecule has 2 rings (SSSR count). The fourth-order valence-electron chi connectivity index (χ4n) is 2.72. The summed E-state index contributed by atoms with van der Waals surface area (Å²) in [4.78, 5) is 25.8. The summed E-state index contributed by atoms with van der Waals surface area (Å²) in [6.45, 7) is 0. The molecular weight excluding hydrogens is 296 g/mol. The Kier molecular flexibility index (Phi) is 6.77. The molecule has 0 spiro atoms. The van der Waals surface area contributed by atoms with Crippen LogP contribution in [0.2, 0.25) is 0 Å². The number of nitrogens with zero attached hydrogens (tertiary/aromatic N) is 1. The highest BCUT2D eigenvalue weighted by Crippen LogP contribution is 2.22. The molecule has 1 saturated carbocycles. The van der Waals surface area contributed by atoms with Gasteiger partial charge in [-0.15, -0.1) is 11.8 Å². The summed E-state index contributed by atoms with van der Waals surface area (Å²) in [5.74, 6) is 0.739. The topological polar surface area (TPSA) is 49.4 Å². The van der Waals surface area contributed by atoms with Gasteiger partial charge in [0.1, 0.15) is 0 Å². The maximum atomic E-state index is 12.2. The van der Waals surface area contributed by atoms with E-state index in [-0.39, 0.29) is 11.8 Å². The van der Waals surface area contributed by atoms with E-state index < -0.39 is 0 Å². The minimum Gasteiger partial charge on any atom is -0.342 e. The zero-order valence-corrected chi connectivity index (χ0v) is 13.9. The summed E-state index contributed by atoms with van der Waals surface area (Å²) in [6.07, 6.45) is 5.94. The molecule has 1 fully saturated rings. The molecule has 0 aromatic heterocycles. The monoisotopic (exact) mass is 320 g/mol. The van der Waals surface area contributed by atoms with Crippen molar-refractivity contribution in [2.75, 3.05) is 23.9 Å². The van der Waals surface area contributed by atoms with Crippen LogP contribution in [-0.2, 0) is 9.59 Å². The Hall–Kier alpha value is -1.49. The first-order valence-electron chi connectivity index (χ1n) is 7.85. The number of anilines is 1. The van der Waals surface area contributed by atoms with E-state index in [0.717, 1.165) is 18.5 Å². The minimum absolute atomic E-state index is 0.0654. The van der Waals surface area contributed by atoms with Gasteiger partial charge in [-0.3, -0.25) is 9.59 Å². The van der Waals surface area contributed by atoms with Gasteiger partial charge in [0, 0.05) is 18.8 Å². The molecule has 5 heteroatoms. The van der Waals surface area contributed by atoms with Gasteiger partial charge in [-0.25, -0.2) is 0 Å². The number of hydrogen-bond acceptors (Lipinski definition) is 3. The molecule has 1 aromatic rings. The van der Waals surface area contributed by atoms with Gasteiger partial charge >= 0.3 is 0 Å². The van der Waals surface area contributed by atoms with Gasteiger partial charge in [0.05, 0.1) is 11.5 Å². The molecule has 2 amide bonds. The van der Waals surface area contributed by atoms with Gasteiger partial charge in [-0.1, -0.05) is 37.5 Å². The van der Waals surface area contributed by atoms with Crippen molar-refractivity contribution in [2.24, 2.45) is 0 Å². The van der Waals surface area contributed by atoms with Gasteiger partial charge in [0.25, 0.3) is 0 Å². The van der Waals surface area contributed by atoms with Crippen LogP contribution in [0.3, 0.4) is 0 Å². The van der Waals surface area contributed by atoms with Crippen molar-refractivity contribution in [3.05, 3.63) is 30.3 Å². The Morgan fingerprint density at radius 2 is 1.82 bits per heavy atom. The first kappa shape index (κ1) is 16.9. The Bertz CT molecular complexity index is 487. The first-order valence-corrected chi connectivity index (χ1v) is 9.00. The summed E-state index contributed by atoms with van der Waals surface area (Å²) >= 11 is 1.38. The normalized spacial score (nSPS) is 15.3. The lowest BCUT2D eigenvalue weighted by molar-refractivity contribution is -0.129. The summed E-state index contributed by atoms with van der Waals surface area (Å²) in [6, 6.07) is 9.76. The smallest absolute Gasteiger partial charge is 0.234 e. The van der Waals surface area contributed by atoms with Crippen LogP contribution < -0.4 is 5.32 Å². The number of hydrogen-bond donors (Lipinski definition) is 1. The van der Waals surface area contributed by atoms with Crippen molar-refractivity contribution in [1.82, 2.24) is 4.90 Å². The molecule has 4 nitrogen and oxygen atoms in total. The SMILES string of the molecule is CN(C(=O)CSCC(=O)Nc1ccccc1)C1CCCCC1. The van der Waals surface area contributed by atoms with E-state index >= 15 is 0 Å². The predicted octanol–water partition coefficient (Wildman–Crippen LogP) is 3.15. The second-order valence-corrected chi connectivity index (χ2v) is 6.69. The van der Waals surface area contributed by atoms with Crippen LogP contribution in [0.4, 0.5) is 5.69 Å². The predicted molar refractivity (Wildman–Crippen MR) is 92.0 cm³/mol. The average Bonchev–Trinajstić information content (AvgIpc) is 2.55. The summed E-state index contributed by atoms with van der Waals surface area (Å²) < 4.78 is 0. The number of carbonyl (C=O) groups excluding carboxylic acids is 2. The summed E-state index contributed by atoms with van der Waals surface area (Å²) in [7, 11) is 1.89. The second-order valence-electron chi connectivity index (χ2n) is 5.70. The third-order valence-electron chi connectivity index (χ3n) is 4.03. The zero-order valence-electron chi connectivity index (χ0n) is 13.1. The molecule has 0 aliphatic heterocycles. The number of thioether (sulfide) groups is 1. The van der Waals surface area contributed by atoms with Crippen LogP contribution in [0.1, 0.15) is 32.1 Å². The van der Waals surface area contributed by atoms with Crippen molar-refractivity contribution < 1.29 is 9.59 Å². The van der Waals surface area contributed by atoms with Crippen molar-refractivity contribution in [3.8, 4) is 0 Å². The van der Waals surface area contributed by atoms with E-state index in [0.29, 0.717) is 17.5 Å². The lowest BCUT2D eigenvalue weighted by Crippen LogP contribution is -2.39. The van der Waals surface area contributed by atoms with Crippen LogP contribution >= 0.6 is 11.8 Å². The highest BCUT2D eigenvalue weighted by molar-refractivity contribution is 8.00. The molecule has 1 N–H and O–H groups in total. The summed E-state index contributed by atoms with van der Waals surface area (Å²) in [5.41, 5.74) is 0.791. The molecule has 0 unspecified atom stereocenters. The van der Waals surface area contributed by atoms with Gasteiger partial charge in [-0.05, 0) is 25.0 Å². The molecule has 0 heterocycles. The van der Waals surface area contributed by atoms with Crippen molar-refractivity contribution >= 4 is 29.3 Å². The first-order chi connectivity index (χ1) is 10.7. The van der Waals surface area contributed by atoms with E-state index in [1.54, 1.807) is 0 Å². The molecule has 0 bridgehead atoms. The molecule has 22 heavy (non-hydrogen) atoms. The zero-order chi connectivity index (χ0) is 15.8. The fourth-order valence-corrected chi connectivity index (χ4v) is 3.46. The van der Waals surface area contributed by atoms with E-state index in [1.807, 2.05) is 42.3 Å². The third-order valence-corrected chi connectivity index (χ3v) is 4.95. The van der Waals surface area contributed by atoms with Crippen molar-refractivity contribution in [3.63, 3.8) is 0 Å². The average molecular weight is 320 g/mol. The molecule has 1 aromatic carbocycles. The Balaban J connectivity index is 1.66. The maximum Gasteiger partial charge on any atom is 0.234 e. The Morgan fingerprint density at radius 3 is 2.50 bits per heavy atom. The second kappa shape index (κ2) is 8.83. The van der Waals surface area contributed by atoms with Crippen LogP contribution in [-0.4, -0.2) is 41.3 Å². The van der Waals surface area contributed by atoms with E-state index in [2.05, 4.69) is 5.32 Å². The molecule has 0 saturated heterocycles. The highest BCUT2D eigenvalue weighted by atomic mass is 32.2. The largest absolute Gasteiger partial charge is 0.342 e. The number of benzene rings is 1. The lowest BCUT2D eigenvalue weighted by Gasteiger charge is -2.31. The van der Waals surface area contributed by atoms with Crippen LogP contribution in [0, 0.1) is 0 Å². The number of rotatable bonds is 6. The Labute approximate surface area is 136 Å². The molecule has 0 atom stereocenters. The quantitative estimate of drug-likeness (QED) is 0.876. The molecule has 1 aliphatic carbocycles. The van der Waals surface area contributed by atoms with Gasteiger partial charge in [0.15, 0.2) is 0 Å². The summed E-state index contributed by atoms with van der Waals surface area (Å²) in [5, 5.41) is 2.82. The van der Waals surface area contributed by atoms with Gasteiger partial charge in [0.2, 0.25) is 11.8 Å². The van der Waals surface area contributed by atoms with Crippen molar-refractivity contribution in [2.45, 2.75) is 38.1 Å². The molecule has 0 radical (unpaired) electrons. The molecule has 120 valence electrons. The number of para-hydroxylation sites is 1. The fraction of sp³-hybridized carbons (Fsp3) is 0.529. The number of nitrogens with one attached hydrogen (secondary N) is 1. The molecular formula is C17H24N2O2S. The third kappa shape index (κ3) is 5.37. The standard InChI is InChI=1S/C17H24N2O2S/c1-19(15-10-6-3-7-11-15)17(21)13-22-12-16(20)18-14-8-4-2-5-9-14/h2,4-5,8-9,15H,3,6-7,10-13H2,1H3,(H,18,20). The van der Waals surface area contributed by atoms with Crippen LogP contribution in [0.15, 0.2) is 30.3 Å². The van der Waals surface area contributed by atoms with Crippen LogP contribution in [0.25, 0.3) is 0 Å². The highest BCUT2D eigenvalue weighted by Gasteiger charge is 2.21. The lowest BCUT2D eigenvalue weighted by atomic mass is 9.94. The Morgan fingerprint density at radius 1 is 1.14 bits per heavy atom. The minimum atomic E-state index is -0.0654. The number of carbonyl (C=O) groups is 2. The van der Waals surface area contributed by atoms with E-state index in [4.69, 9.17) is 0 Å². The van der Waals surface area contributed by atoms with Gasteiger partial charge < -0.3 is 10.2 Å². The van der Waals surface area contributed by atoms with E-state index in [9.17, 15) is 9.59 Å². The van der Waals surface area contributed by atoms with E-state index in [1.165, 1.54) is 31.0 Å². The molecule has 1 aliphatic rings.